The number of nitrogens with two attached hydrogens (primary N) is 1. The number of aryl methyl sites for hydroxylation is 1. The van der Waals surface area contributed by atoms with Crippen LogP contribution in [0.15, 0.2) is 48.8 Å². The second-order valence-electron chi connectivity index (χ2n) is 8.17. The molecule has 0 bridgehead atoms. The zero-order valence-corrected chi connectivity index (χ0v) is 18.8. The van der Waals surface area contributed by atoms with Crippen molar-refractivity contribution < 1.29 is 18.7 Å². The fourth-order valence-corrected chi connectivity index (χ4v) is 4.12. The number of amides is 1. The standard InChI is InChI=1S/C25H27FN4O3/c1-16-11-24(27)29-13-20(16)18-7-9-30(10-8-18)25(31)21-12-22(32-2)23(14-28-21)33-15-17-3-5-19(26)6-4-17/h3-6,11-14,18H,7-10,15H2,1-2H3,(H2,27,29). The molecule has 0 aliphatic carbocycles. The van der Waals surface area contributed by atoms with E-state index in [1.54, 1.807) is 18.2 Å². The number of nitrogens with zero attached hydrogens (tertiary/aromatic N) is 3. The van der Waals surface area contributed by atoms with Crippen LogP contribution in [0, 0.1) is 12.7 Å². The largest absolute Gasteiger partial charge is 0.493 e. The summed E-state index contributed by atoms with van der Waals surface area (Å²) < 4.78 is 24.3. The molecule has 7 nitrogen and oxygen atoms in total. The highest BCUT2D eigenvalue weighted by Crippen LogP contribution is 2.32. The molecule has 8 heteroatoms. The molecule has 0 radical (unpaired) electrons. The maximum absolute atomic E-state index is 13.1. The lowest BCUT2D eigenvalue weighted by atomic mass is 9.88. The van der Waals surface area contributed by atoms with Crippen LogP contribution in [0.2, 0.25) is 0 Å². The number of nitrogen functional groups attached to an aromatic ring is 1. The van der Waals surface area contributed by atoms with Gasteiger partial charge in [0.1, 0.15) is 23.9 Å². The Morgan fingerprint density at radius 2 is 1.85 bits per heavy atom. The Balaban J connectivity index is 1.39. The first kappa shape index (κ1) is 22.5. The monoisotopic (exact) mass is 450 g/mol. The molecule has 1 aromatic carbocycles. The number of ether oxygens (including phenoxy) is 2. The van der Waals surface area contributed by atoms with Crippen LogP contribution in [-0.4, -0.2) is 41.0 Å². The fourth-order valence-electron chi connectivity index (χ4n) is 4.12. The summed E-state index contributed by atoms with van der Waals surface area (Å²) in [4.78, 5) is 23.4. The van der Waals surface area contributed by atoms with Gasteiger partial charge < -0.3 is 20.1 Å². The lowest BCUT2D eigenvalue weighted by Gasteiger charge is -2.32. The average Bonchev–Trinajstić information content (AvgIpc) is 2.83. The van der Waals surface area contributed by atoms with E-state index in [9.17, 15) is 9.18 Å². The second-order valence-corrected chi connectivity index (χ2v) is 8.17. The number of anilines is 1. The van der Waals surface area contributed by atoms with Gasteiger partial charge in [0.2, 0.25) is 0 Å². The highest BCUT2D eigenvalue weighted by Gasteiger charge is 2.27. The van der Waals surface area contributed by atoms with Crippen molar-refractivity contribution in [1.29, 1.82) is 0 Å². The van der Waals surface area contributed by atoms with Crippen molar-refractivity contribution in [3.8, 4) is 11.5 Å². The predicted molar refractivity (Wildman–Crippen MR) is 123 cm³/mol. The van der Waals surface area contributed by atoms with Crippen LogP contribution < -0.4 is 15.2 Å². The van der Waals surface area contributed by atoms with Crippen LogP contribution in [0.5, 0.6) is 11.5 Å². The molecule has 1 saturated heterocycles. The van der Waals surface area contributed by atoms with Crippen LogP contribution in [0.1, 0.15) is 45.9 Å². The molecule has 172 valence electrons. The third-order valence-electron chi connectivity index (χ3n) is 5.97. The van der Waals surface area contributed by atoms with Crippen LogP contribution in [0.3, 0.4) is 0 Å². The van der Waals surface area contributed by atoms with Gasteiger partial charge in [-0.25, -0.2) is 14.4 Å². The van der Waals surface area contributed by atoms with Crippen molar-refractivity contribution in [1.82, 2.24) is 14.9 Å². The van der Waals surface area contributed by atoms with Gasteiger partial charge in [-0.05, 0) is 60.6 Å². The number of hydrogen-bond acceptors (Lipinski definition) is 6. The van der Waals surface area contributed by atoms with Crippen molar-refractivity contribution >= 4 is 11.7 Å². The van der Waals surface area contributed by atoms with E-state index in [1.807, 2.05) is 24.1 Å². The number of piperidine rings is 1. The van der Waals surface area contributed by atoms with Gasteiger partial charge in [-0.3, -0.25) is 4.79 Å². The van der Waals surface area contributed by atoms with E-state index in [1.165, 1.54) is 31.0 Å². The number of carbonyl (C=O) groups is 1. The molecular formula is C25H27FN4O3. The fraction of sp³-hybridized carbons (Fsp3) is 0.320. The van der Waals surface area contributed by atoms with Gasteiger partial charge >= 0.3 is 0 Å². The predicted octanol–water partition coefficient (Wildman–Crippen LogP) is 4.11. The van der Waals surface area contributed by atoms with E-state index in [2.05, 4.69) is 9.97 Å². The Bertz CT molecular complexity index is 1130. The second kappa shape index (κ2) is 9.85. The Morgan fingerprint density at radius 1 is 1.12 bits per heavy atom. The van der Waals surface area contributed by atoms with Crippen molar-refractivity contribution in [3.63, 3.8) is 0 Å². The van der Waals surface area contributed by atoms with E-state index in [0.717, 1.165) is 24.0 Å². The number of halogens is 1. The molecule has 0 spiro atoms. The number of carbonyl (C=O) groups excluding carboxylic acids is 1. The Kier molecular flexibility index (Phi) is 6.72. The summed E-state index contributed by atoms with van der Waals surface area (Å²) in [5.41, 5.74) is 9.22. The maximum atomic E-state index is 13.1. The smallest absolute Gasteiger partial charge is 0.272 e. The molecule has 1 aliphatic heterocycles. The molecule has 0 atom stereocenters. The van der Waals surface area contributed by atoms with Gasteiger partial charge in [0.25, 0.3) is 5.91 Å². The van der Waals surface area contributed by atoms with Crippen molar-refractivity contribution in [2.24, 2.45) is 0 Å². The molecule has 3 heterocycles. The van der Waals surface area contributed by atoms with E-state index < -0.39 is 0 Å². The summed E-state index contributed by atoms with van der Waals surface area (Å²) in [6, 6.07) is 9.55. The molecule has 2 aromatic heterocycles. The maximum Gasteiger partial charge on any atom is 0.272 e. The van der Waals surface area contributed by atoms with Crippen molar-refractivity contribution in [2.45, 2.75) is 32.3 Å². The Hall–Kier alpha value is -3.68. The number of methoxy groups -OCH3 is 1. The van der Waals surface area contributed by atoms with E-state index in [-0.39, 0.29) is 18.3 Å². The van der Waals surface area contributed by atoms with Gasteiger partial charge in [0.15, 0.2) is 11.5 Å². The first-order valence-corrected chi connectivity index (χ1v) is 10.9. The van der Waals surface area contributed by atoms with Gasteiger partial charge in [-0.1, -0.05) is 12.1 Å². The first-order chi connectivity index (χ1) is 15.9. The van der Waals surface area contributed by atoms with Gasteiger partial charge in [0.05, 0.1) is 13.3 Å². The summed E-state index contributed by atoms with van der Waals surface area (Å²) >= 11 is 0. The van der Waals surface area contributed by atoms with E-state index >= 15 is 0 Å². The minimum absolute atomic E-state index is 0.135. The van der Waals surface area contributed by atoms with Crippen molar-refractivity contribution in [2.75, 3.05) is 25.9 Å². The summed E-state index contributed by atoms with van der Waals surface area (Å²) in [6.07, 6.45) is 5.05. The van der Waals surface area contributed by atoms with Crippen LogP contribution in [0.25, 0.3) is 0 Å². The number of hydrogen-bond donors (Lipinski definition) is 1. The average molecular weight is 451 g/mol. The van der Waals surface area contributed by atoms with Gasteiger partial charge in [0, 0.05) is 25.4 Å². The minimum atomic E-state index is -0.301. The normalized spacial score (nSPS) is 14.2. The third kappa shape index (κ3) is 5.22. The number of aromatic nitrogens is 2. The van der Waals surface area contributed by atoms with E-state index in [0.29, 0.717) is 42.0 Å². The number of likely N-dealkylation sites (tertiary alicyclic amines) is 1. The molecule has 1 fully saturated rings. The summed E-state index contributed by atoms with van der Waals surface area (Å²) in [5.74, 6) is 1.28. The number of rotatable bonds is 6. The molecule has 3 aromatic rings. The number of pyridine rings is 2. The molecule has 4 rings (SSSR count). The summed E-state index contributed by atoms with van der Waals surface area (Å²) in [5, 5.41) is 0. The van der Waals surface area contributed by atoms with Gasteiger partial charge in [-0.15, -0.1) is 0 Å². The molecule has 0 saturated carbocycles. The number of benzene rings is 1. The zero-order chi connectivity index (χ0) is 23.4. The molecule has 0 unspecified atom stereocenters. The zero-order valence-electron chi connectivity index (χ0n) is 18.8. The van der Waals surface area contributed by atoms with E-state index in [4.69, 9.17) is 15.2 Å². The topological polar surface area (TPSA) is 90.6 Å². The Labute approximate surface area is 192 Å². The quantitative estimate of drug-likeness (QED) is 0.608. The molecular weight excluding hydrogens is 423 g/mol. The lowest BCUT2D eigenvalue weighted by molar-refractivity contribution is 0.0706. The van der Waals surface area contributed by atoms with Crippen LogP contribution >= 0.6 is 0 Å². The highest BCUT2D eigenvalue weighted by molar-refractivity contribution is 5.93. The minimum Gasteiger partial charge on any atom is -0.493 e. The van der Waals surface area contributed by atoms with Gasteiger partial charge in [-0.2, -0.15) is 0 Å². The summed E-state index contributed by atoms with van der Waals surface area (Å²) in [6.45, 7) is 3.56. The lowest BCUT2D eigenvalue weighted by Crippen LogP contribution is -2.38. The van der Waals surface area contributed by atoms with Crippen LogP contribution in [-0.2, 0) is 6.61 Å². The molecule has 1 amide bonds. The third-order valence-corrected chi connectivity index (χ3v) is 5.97. The first-order valence-electron chi connectivity index (χ1n) is 10.9. The molecule has 2 N–H and O–H groups in total. The highest BCUT2D eigenvalue weighted by atomic mass is 19.1. The summed E-state index contributed by atoms with van der Waals surface area (Å²) in [7, 11) is 1.52. The Morgan fingerprint density at radius 3 is 2.52 bits per heavy atom. The van der Waals surface area contributed by atoms with Crippen molar-refractivity contribution in [3.05, 3.63) is 77.0 Å². The SMILES string of the molecule is COc1cc(C(=O)N2CCC(c3cnc(N)cc3C)CC2)ncc1OCc1ccc(F)cc1. The van der Waals surface area contributed by atoms with Crippen LogP contribution in [0.4, 0.5) is 10.2 Å². The molecule has 33 heavy (non-hydrogen) atoms. The molecule has 1 aliphatic rings.